The first kappa shape index (κ1) is 27.7. The number of pyridine rings is 1. The van der Waals surface area contributed by atoms with Crippen LogP contribution in [0.3, 0.4) is 0 Å². The van der Waals surface area contributed by atoms with E-state index < -0.39 is 35.3 Å². The maximum atomic E-state index is 14.9. The molecule has 3 aromatic rings. The van der Waals surface area contributed by atoms with Gasteiger partial charge in [-0.15, -0.1) is 0 Å². The van der Waals surface area contributed by atoms with Crippen LogP contribution in [0.2, 0.25) is 0 Å². The number of carbonyl (C=O) groups excluding carboxylic acids is 2. The number of alkyl halides is 3. The van der Waals surface area contributed by atoms with Gasteiger partial charge in [0.25, 0.3) is 5.91 Å². The van der Waals surface area contributed by atoms with Gasteiger partial charge in [-0.25, -0.2) is 14.2 Å². The molecule has 4 heterocycles. The molecule has 2 aliphatic heterocycles. The Bertz CT molecular complexity index is 1620. The van der Waals surface area contributed by atoms with Crippen molar-refractivity contribution in [2.24, 2.45) is 4.99 Å². The van der Waals surface area contributed by atoms with E-state index in [1.54, 1.807) is 26.8 Å². The number of benzene rings is 1. The number of rotatable bonds is 5. The second kappa shape index (κ2) is 10.6. The number of halogens is 4. The molecule has 2 aliphatic rings. The van der Waals surface area contributed by atoms with Gasteiger partial charge in [0, 0.05) is 30.1 Å². The highest BCUT2D eigenvalue weighted by Gasteiger charge is 2.33. The van der Waals surface area contributed by atoms with Crippen molar-refractivity contribution < 1.29 is 31.9 Å². The van der Waals surface area contributed by atoms with Gasteiger partial charge in [-0.2, -0.15) is 18.2 Å². The second-order valence-corrected chi connectivity index (χ2v) is 9.50. The minimum absolute atomic E-state index is 0.0451. The van der Waals surface area contributed by atoms with Crippen LogP contribution in [0.15, 0.2) is 41.7 Å². The zero-order chi connectivity index (χ0) is 29.5. The summed E-state index contributed by atoms with van der Waals surface area (Å²) in [5, 5.41) is 4.82. The number of ether oxygens (including phenoxy) is 1. The predicted molar refractivity (Wildman–Crippen MR) is 143 cm³/mol. The maximum Gasteiger partial charge on any atom is 0.416 e. The van der Waals surface area contributed by atoms with Gasteiger partial charge in [-0.05, 0) is 62.2 Å². The molecule has 212 valence electrons. The molecule has 0 atom stereocenters. The molecule has 0 bridgehead atoms. The van der Waals surface area contributed by atoms with Crippen molar-refractivity contribution in [2.75, 3.05) is 28.6 Å². The van der Waals surface area contributed by atoms with Gasteiger partial charge in [-0.3, -0.25) is 20.1 Å². The van der Waals surface area contributed by atoms with Crippen LogP contribution in [-0.4, -0.2) is 52.0 Å². The number of carbonyl (C=O) groups is 2. The van der Waals surface area contributed by atoms with E-state index in [2.05, 4.69) is 30.6 Å². The molecule has 0 unspecified atom stereocenters. The van der Waals surface area contributed by atoms with Crippen LogP contribution in [-0.2, 0) is 10.9 Å². The molecule has 2 amide bonds. The molecule has 0 fully saturated rings. The van der Waals surface area contributed by atoms with Crippen molar-refractivity contribution in [3.63, 3.8) is 0 Å². The minimum Gasteiger partial charge on any atom is -0.447 e. The van der Waals surface area contributed by atoms with E-state index in [0.29, 0.717) is 53.1 Å². The molecule has 0 saturated heterocycles. The summed E-state index contributed by atoms with van der Waals surface area (Å²) < 4.78 is 59.3. The van der Waals surface area contributed by atoms with E-state index >= 15 is 0 Å². The Morgan fingerprint density at radius 3 is 2.63 bits per heavy atom. The molecule has 10 nitrogen and oxygen atoms in total. The molecule has 0 aliphatic carbocycles. The summed E-state index contributed by atoms with van der Waals surface area (Å²) in [6, 6.07) is 3.94. The van der Waals surface area contributed by atoms with Crippen LogP contribution in [0, 0.1) is 12.7 Å². The molecule has 0 saturated carbocycles. The average molecular weight is 570 g/mol. The van der Waals surface area contributed by atoms with Crippen molar-refractivity contribution >= 4 is 46.9 Å². The second-order valence-electron chi connectivity index (χ2n) is 9.50. The Morgan fingerprint density at radius 1 is 1.12 bits per heavy atom. The third-order valence-electron chi connectivity index (χ3n) is 6.16. The third kappa shape index (κ3) is 5.71. The SMILES string of the molecule is Cc1cc(F)c(NC(=O)c2cc(C(F)(F)F)ccn2)cc1C1=Cc2cnc(NC(=O)OC(C)C)nc2N2CCN=C12. The van der Waals surface area contributed by atoms with Crippen LogP contribution in [0.5, 0.6) is 0 Å². The first-order valence-corrected chi connectivity index (χ1v) is 12.4. The Labute approximate surface area is 231 Å². The lowest BCUT2D eigenvalue weighted by molar-refractivity contribution is -0.137. The normalized spacial score (nSPS) is 14.2. The topological polar surface area (TPSA) is 122 Å². The summed E-state index contributed by atoms with van der Waals surface area (Å²) in [6.07, 6.45) is -1.56. The zero-order valence-corrected chi connectivity index (χ0v) is 22.0. The molecule has 0 spiro atoms. The number of aryl methyl sites for hydroxylation is 1. The fourth-order valence-corrected chi connectivity index (χ4v) is 4.37. The van der Waals surface area contributed by atoms with Crippen LogP contribution >= 0.6 is 0 Å². The van der Waals surface area contributed by atoms with Crippen molar-refractivity contribution in [2.45, 2.75) is 33.1 Å². The number of amides is 2. The van der Waals surface area contributed by atoms with E-state index in [9.17, 15) is 27.2 Å². The van der Waals surface area contributed by atoms with E-state index in [0.717, 1.165) is 12.3 Å². The molecular formula is C27H23F4N7O3. The molecule has 5 rings (SSSR count). The van der Waals surface area contributed by atoms with Gasteiger partial charge < -0.3 is 15.0 Å². The molecule has 2 aromatic heterocycles. The van der Waals surface area contributed by atoms with Gasteiger partial charge in [0.15, 0.2) is 0 Å². The highest BCUT2D eigenvalue weighted by atomic mass is 19.4. The number of hydrogen-bond donors (Lipinski definition) is 2. The molecule has 1 aromatic carbocycles. The monoisotopic (exact) mass is 569 g/mol. The van der Waals surface area contributed by atoms with Crippen molar-refractivity contribution in [3.05, 3.63) is 70.4 Å². The largest absolute Gasteiger partial charge is 0.447 e. The van der Waals surface area contributed by atoms with Crippen LogP contribution in [0.1, 0.15) is 46.6 Å². The maximum absolute atomic E-state index is 14.9. The van der Waals surface area contributed by atoms with Gasteiger partial charge in [0.05, 0.1) is 23.9 Å². The van der Waals surface area contributed by atoms with Gasteiger partial charge >= 0.3 is 12.3 Å². The van der Waals surface area contributed by atoms with Crippen LogP contribution < -0.4 is 15.5 Å². The van der Waals surface area contributed by atoms with Crippen molar-refractivity contribution in [1.29, 1.82) is 0 Å². The number of anilines is 3. The summed E-state index contributed by atoms with van der Waals surface area (Å²) in [5.41, 5.74) is 0.444. The molecule has 0 radical (unpaired) electrons. The summed E-state index contributed by atoms with van der Waals surface area (Å²) in [5.74, 6) is -0.691. The molecular weight excluding hydrogens is 546 g/mol. The lowest BCUT2D eigenvalue weighted by atomic mass is 9.94. The number of nitrogens with one attached hydrogen (secondary N) is 2. The number of aromatic nitrogens is 3. The number of amidine groups is 1. The standard InChI is InChI=1S/C27H23F4N7O3/c1-13(2)41-26(40)37-25-34-12-15-9-18(23-33-6-7-38(23)22(15)36-25)17-11-20(19(28)8-14(17)3)35-24(39)21-10-16(4-5-32-21)27(29,30)31/h4-5,8-13H,6-7H2,1-3H3,(H,35,39)(H,34,36,37,40). The number of hydrogen-bond acceptors (Lipinski definition) is 8. The predicted octanol–water partition coefficient (Wildman–Crippen LogP) is 5.32. The first-order chi connectivity index (χ1) is 19.4. The lowest BCUT2D eigenvalue weighted by Crippen LogP contribution is -2.33. The quantitative estimate of drug-likeness (QED) is 0.399. The Morgan fingerprint density at radius 2 is 1.90 bits per heavy atom. The summed E-state index contributed by atoms with van der Waals surface area (Å²) in [6.45, 7) is 6.03. The Balaban J connectivity index is 1.47. The van der Waals surface area contributed by atoms with Crippen molar-refractivity contribution in [1.82, 2.24) is 15.0 Å². The summed E-state index contributed by atoms with van der Waals surface area (Å²) >= 11 is 0. The number of fused-ring (bicyclic) bond motifs is 3. The van der Waals surface area contributed by atoms with E-state index in [1.165, 1.54) is 18.3 Å². The number of nitrogens with zero attached hydrogens (tertiary/aromatic N) is 5. The van der Waals surface area contributed by atoms with Crippen LogP contribution in [0.25, 0.3) is 11.6 Å². The third-order valence-corrected chi connectivity index (χ3v) is 6.16. The summed E-state index contributed by atoms with van der Waals surface area (Å²) in [4.78, 5) is 43.5. The fourth-order valence-electron chi connectivity index (χ4n) is 4.37. The fraction of sp³-hybridized carbons (Fsp3) is 0.259. The molecule has 14 heteroatoms. The van der Waals surface area contributed by atoms with Gasteiger partial charge in [0.2, 0.25) is 5.95 Å². The highest BCUT2D eigenvalue weighted by Crippen LogP contribution is 2.37. The summed E-state index contributed by atoms with van der Waals surface area (Å²) in [7, 11) is 0. The molecule has 41 heavy (non-hydrogen) atoms. The smallest absolute Gasteiger partial charge is 0.416 e. The highest BCUT2D eigenvalue weighted by molar-refractivity contribution is 6.36. The lowest BCUT2D eigenvalue weighted by Gasteiger charge is -2.28. The van der Waals surface area contributed by atoms with Crippen molar-refractivity contribution in [3.8, 4) is 0 Å². The molecule has 2 N–H and O–H groups in total. The first-order valence-electron chi connectivity index (χ1n) is 12.4. The van der Waals surface area contributed by atoms with E-state index in [1.807, 2.05) is 4.90 Å². The minimum atomic E-state index is -4.67. The van der Waals surface area contributed by atoms with Gasteiger partial charge in [0.1, 0.15) is 23.2 Å². The Kier molecular flexibility index (Phi) is 7.15. The van der Waals surface area contributed by atoms with E-state index in [-0.39, 0.29) is 17.7 Å². The van der Waals surface area contributed by atoms with Crippen LogP contribution in [0.4, 0.5) is 39.8 Å². The zero-order valence-electron chi connectivity index (χ0n) is 22.0. The Hall–Kier alpha value is -4.88. The van der Waals surface area contributed by atoms with Gasteiger partial charge in [-0.1, -0.05) is 0 Å². The number of aliphatic imine (C=N–C) groups is 1. The average Bonchev–Trinajstić information content (AvgIpc) is 3.39. The van der Waals surface area contributed by atoms with E-state index in [4.69, 9.17) is 4.74 Å².